The van der Waals surface area contributed by atoms with Crippen molar-refractivity contribution >= 4 is 5.91 Å². The molecule has 2 rings (SSSR count). The van der Waals surface area contributed by atoms with Crippen LogP contribution in [0.4, 0.5) is 0 Å². The summed E-state index contributed by atoms with van der Waals surface area (Å²) in [4.78, 5) is 12.0. The van der Waals surface area contributed by atoms with E-state index in [4.69, 9.17) is 0 Å². The Kier molecular flexibility index (Phi) is 4.43. The average Bonchev–Trinajstić information content (AvgIpc) is 2.72. The van der Waals surface area contributed by atoms with Crippen LogP contribution in [0.3, 0.4) is 0 Å². The van der Waals surface area contributed by atoms with Gasteiger partial charge in [0.25, 0.3) is 0 Å². The lowest BCUT2D eigenvalue weighted by Crippen LogP contribution is -2.45. The van der Waals surface area contributed by atoms with Crippen molar-refractivity contribution in [1.29, 1.82) is 0 Å². The maximum Gasteiger partial charge on any atom is 0.237 e. The van der Waals surface area contributed by atoms with Crippen LogP contribution in [0.5, 0.6) is 0 Å². The molecule has 2 fully saturated rings. The number of hydrogen-bond donors (Lipinski definition) is 2. The van der Waals surface area contributed by atoms with Crippen molar-refractivity contribution in [3.05, 3.63) is 0 Å². The fraction of sp³-hybridized carbons (Fsp3) is 0.929. The average molecular weight is 238 g/mol. The van der Waals surface area contributed by atoms with Gasteiger partial charge in [-0.1, -0.05) is 26.7 Å². The second kappa shape index (κ2) is 5.85. The standard InChI is InChI=1S/C14H26N2O/c1-10-4-3-5-12(8-10)9-16-14(17)13-11(2)6-7-15-13/h10-13,15H,3-9H2,1-2H3,(H,16,17). The smallest absolute Gasteiger partial charge is 0.237 e. The molecule has 0 aromatic rings. The zero-order chi connectivity index (χ0) is 12.3. The molecule has 1 saturated heterocycles. The first-order valence-corrected chi connectivity index (χ1v) is 7.18. The van der Waals surface area contributed by atoms with Crippen LogP contribution in [0.1, 0.15) is 46.0 Å². The van der Waals surface area contributed by atoms with Crippen LogP contribution in [0.2, 0.25) is 0 Å². The largest absolute Gasteiger partial charge is 0.354 e. The van der Waals surface area contributed by atoms with Crippen molar-refractivity contribution in [2.24, 2.45) is 17.8 Å². The highest BCUT2D eigenvalue weighted by molar-refractivity contribution is 5.82. The Morgan fingerprint density at radius 1 is 1.29 bits per heavy atom. The van der Waals surface area contributed by atoms with Crippen molar-refractivity contribution in [3.8, 4) is 0 Å². The molecule has 1 saturated carbocycles. The summed E-state index contributed by atoms with van der Waals surface area (Å²) >= 11 is 0. The monoisotopic (exact) mass is 238 g/mol. The summed E-state index contributed by atoms with van der Waals surface area (Å²) in [6, 6.07) is 0.0519. The highest BCUT2D eigenvalue weighted by Crippen LogP contribution is 2.28. The minimum absolute atomic E-state index is 0.0519. The Bertz CT molecular complexity index is 267. The molecule has 2 N–H and O–H groups in total. The molecular weight excluding hydrogens is 212 g/mol. The van der Waals surface area contributed by atoms with Gasteiger partial charge in [0, 0.05) is 6.54 Å². The first-order valence-electron chi connectivity index (χ1n) is 7.18. The van der Waals surface area contributed by atoms with Gasteiger partial charge < -0.3 is 10.6 Å². The van der Waals surface area contributed by atoms with Crippen molar-refractivity contribution in [2.75, 3.05) is 13.1 Å². The van der Waals surface area contributed by atoms with E-state index < -0.39 is 0 Å². The molecule has 1 aliphatic heterocycles. The Morgan fingerprint density at radius 3 is 2.76 bits per heavy atom. The van der Waals surface area contributed by atoms with E-state index in [0.717, 1.165) is 25.4 Å². The minimum Gasteiger partial charge on any atom is -0.354 e. The normalized spacial score (nSPS) is 38.0. The lowest BCUT2D eigenvalue weighted by molar-refractivity contribution is -0.123. The summed E-state index contributed by atoms with van der Waals surface area (Å²) in [7, 11) is 0. The van der Waals surface area contributed by atoms with Gasteiger partial charge >= 0.3 is 0 Å². The van der Waals surface area contributed by atoms with E-state index in [-0.39, 0.29) is 11.9 Å². The summed E-state index contributed by atoms with van der Waals surface area (Å²) in [5.74, 6) is 2.25. The molecule has 1 aliphatic carbocycles. The van der Waals surface area contributed by atoms with Crippen LogP contribution < -0.4 is 10.6 Å². The highest BCUT2D eigenvalue weighted by Gasteiger charge is 2.29. The molecule has 17 heavy (non-hydrogen) atoms. The predicted molar refractivity (Wildman–Crippen MR) is 69.7 cm³/mol. The number of carbonyl (C=O) groups excluding carboxylic acids is 1. The Balaban J connectivity index is 1.72. The SMILES string of the molecule is CC1CCCC(CNC(=O)C2NCCC2C)C1. The number of hydrogen-bond acceptors (Lipinski definition) is 2. The van der Waals surface area contributed by atoms with Gasteiger partial charge in [0.15, 0.2) is 0 Å². The lowest BCUT2D eigenvalue weighted by Gasteiger charge is -2.27. The maximum absolute atomic E-state index is 12.0. The second-order valence-corrected chi connectivity index (χ2v) is 6.08. The molecule has 0 spiro atoms. The number of carbonyl (C=O) groups is 1. The van der Waals surface area contributed by atoms with E-state index in [1.165, 1.54) is 25.7 Å². The van der Waals surface area contributed by atoms with E-state index in [0.29, 0.717) is 11.8 Å². The quantitative estimate of drug-likeness (QED) is 0.789. The van der Waals surface area contributed by atoms with E-state index in [1.807, 2.05) is 0 Å². The molecule has 0 aromatic carbocycles. The van der Waals surface area contributed by atoms with Crippen LogP contribution in [0.25, 0.3) is 0 Å². The third kappa shape index (κ3) is 3.44. The first kappa shape index (κ1) is 12.9. The van der Waals surface area contributed by atoms with Gasteiger partial charge in [-0.15, -0.1) is 0 Å². The van der Waals surface area contributed by atoms with Crippen molar-refractivity contribution < 1.29 is 4.79 Å². The molecule has 98 valence electrons. The van der Waals surface area contributed by atoms with Gasteiger partial charge in [0.1, 0.15) is 0 Å². The molecule has 3 nitrogen and oxygen atoms in total. The van der Waals surface area contributed by atoms with E-state index in [9.17, 15) is 4.79 Å². The van der Waals surface area contributed by atoms with Crippen LogP contribution >= 0.6 is 0 Å². The van der Waals surface area contributed by atoms with Crippen molar-refractivity contribution in [1.82, 2.24) is 10.6 Å². The first-order chi connectivity index (χ1) is 8.16. The summed E-state index contributed by atoms with van der Waals surface area (Å²) < 4.78 is 0. The van der Waals surface area contributed by atoms with Gasteiger partial charge in [0.05, 0.1) is 6.04 Å². The highest BCUT2D eigenvalue weighted by atomic mass is 16.2. The van der Waals surface area contributed by atoms with Gasteiger partial charge in [-0.05, 0) is 43.6 Å². The van der Waals surface area contributed by atoms with Gasteiger partial charge in [-0.3, -0.25) is 4.79 Å². The fourth-order valence-electron chi connectivity index (χ4n) is 3.29. The summed E-state index contributed by atoms with van der Waals surface area (Å²) in [5, 5.41) is 6.43. The molecule has 1 amide bonds. The Hall–Kier alpha value is -0.570. The third-order valence-corrected chi connectivity index (χ3v) is 4.43. The van der Waals surface area contributed by atoms with Crippen LogP contribution in [0, 0.1) is 17.8 Å². The van der Waals surface area contributed by atoms with E-state index in [2.05, 4.69) is 24.5 Å². The molecular formula is C14H26N2O. The maximum atomic E-state index is 12.0. The van der Waals surface area contributed by atoms with E-state index in [1.54, 1.807) is 0 Å². The predicted octanol–water partition coefficient (Wildman–Crippen LogP) is 1.93. The second-order valence-electron chi connectivity index (χ2n) is 6.08. The number of rotatable bonds is 3. The van der Waals surface area contributed by atoms with Crippen molar-refractivity contribution in [2.45, 2.75) is 52.0 Å². The minimum atomic E-state index is 0.0519. The molecule has 4 atom stereocenters. The molecule has 0 aromatic heterocycles. The summed E-state index contributed by atoms with van der Waals surface area (Å²) in [6.07, 6.45) is 6.40. The van der Waals surface area contributed by atoms with Crippen LogP contribution in [0.15, 0.2) is 0 Å². The van der Waals surface area contributed by atoms with Gasteiger partial charge in [-0.2, -0.15) is 0 Å². The summed E-state index contributed by atoms with van der Waals surface area (Å²) in [5.41, 5.74) is 0. The van der Waals surface area contributed by atoms with Crippen LogP contribution in [-0.4, -0.2) is 25.0 Å². The fourth-order valence-corrected chi connectivity index (χ4v) is 3.29. The topological polar surface area (TPSA) is 41.1 Å². The molecule has 2 aliphatic rings. The molecule has 4 unspecified atom stereocenters. The molecule has 1 heterocycles. The molecule has 0 bridgehead atoms. The number of nitrogens with one attached hydrogen (secondary N) is 2. The van der Waals surface area contributed by atoms with Crippen LogP contribution in [-0.2, 0) is 4.79 Å². The zero-order valence-electron chi connectivity index (χ0n) is 11.2. The number of amides is 1. The van der Waals surface area contributed by atoms with Gasteiger partial charge in [-0.25, -0.2) is 0 Å². The molecule has 0 radical (unpaired) electrons. The zero-order valence-corrected chi connectivity index (χ0v) is 11.2. The molecule has 3 heteroatoms. The summed E-state index contributed by atoms with van der Waals surface area (Å²) in [6.45, 7) is 6.36. The third-order valence-electron chi connectivity index (χ3n) is 4.43. The lowest BCUT2D eigenvalue weighted by atomic mass is 9.82. The Morgan fingerprint density at radius 2 is 2.12 bits per heavy atom. The Labute approximate surface area is 105 Å². The van der Waals surface area contributed by atoms with E-state index >= 15 is 0 Å². The van der Waals surface area contributed by atoms with Crippen molar-refractivity contribution in [3.63, 3.8) is 0 Å². The van der Waals surface area contributed by atoms with Gasteiger partial charge in [0.2, 0.25) is 5.91 Å².